The van der Waals surface area contributed by atoms with Gasteiger partial charge in [0.15, 0.2) is 6.10 Å². The Hall–Kier alpha value is -2.39. The molecule has 0 aromatic carbocycles. The fourth-order valence-electron chi connectivity index (χ4n) is 7.36. The molecule has 2 saturated carbocycles. The number of furan rings is 1. The number of aliphatic hydroxyl groups excluding tert-OH is 1. The minimum atomic E-state index is -1.78. The van der Waals surface area contributed by atoms with Crippen LogP contribution >= 0.6 is 0 Å². The largest absolute Gasteiger partial charge is 0.469 e. The number of aliphatic hydroxyl groups is 2. The summed E-state index contributed by atoms with van der Waals surface area (Å²) in [5.41, 5.74) is -3.20. The van der Waals surface area contributed by atoms with Crippen LogP contribution in [0, 0.1) is 22.7 Å². The van der Waals surface area contributed by atoms with E-state index in [0.717, 1.165) is 0 Å². The van der Waals surface area contributed by atoms with Crippen molar-refractivity contribution in [1.29, 1.82) is 0 Å². The Morgan fingerprint density at radius 3 is 2.35 bits per heavy atom. The Bertz CT molecular complexity index is 996. The summed E-state index contributed by atoms with van der Waals surface area (Å²) in [7, 11) is 1.27. The van der Waals surface area contributed by atoms with Crippen LogP contribution in [-0.4, -0.2) is 59.1 Å². The number of methoxy groups -OCH3 is 1. The molecule has 1 aromatic heterocycles. The molecule has 0 spiro atoms. The number of carbonyl (C=O) groups is 3. The van der Waals surface area contributed by atoms with Gasteiger partial charge in [-0.05, 0) is 30.2 Å². The second-order valence-corrected chi connectivity index (χ2v) is 10.8. The SMILES string of the molecule is COC(=O)[C@@H]1c2ccoc2C[C@H]2[C@@H]1[C@@H](O)[C@H](OC(C)=O)[C@@]1(O)C(C)(C)CC[C@H](OC(C)=O)[C@]21C. The van der Waals surface area contributed by atoms with Gasteiger partial charge in [-0.3, -0.25) is 14.4 Å². The van der Waals surface area contributed by atoms with Crippen LogP contribution in [0.2, 0.25) is 0 Å². The van der Waals surface area contributed by atoms with Crippen molar-refractivity contribution in [1.82, 2.24) is 0 Å². The third-order valence-electron chi connectivity index (χ3n) is 8.87. The van der Waals surface area contributed by atoms with Gasteiger partial charge in [0.2, 0.25) is 0 Å². The molecule has 8 atom stereocenters. The number of fused-ring (bicyclic) bond motifs is 4. The summed E-state index contributed by atoms with van der Waals surface area (Å²) in [6.07, 6.45) is -0.764. The van der Waals surface area contributed by atoms with E-state index in [-0.39, 0.29) is 0 Å². The van der Waals surface area contributed by atoms with Crippen LogP contribution in [0.5, 0.6) is 0 Å². The van der Waals surface area contributed by atoms with Crippen LogP contribution in [-0.2, 0) is 35.0 Å². The number of rotatable bonds is 3. The average molecular weight is 479 g/mol. The van der Waals surface area contributed by atoms with E-state index in [1.54, 1.807) is 6.07 Å². The van der Waals surface area contributed by atoms with Gasteiger partial charge in [0, 0.05) is 37.2 Å². The maximum absolute atomic E-state index is 13.1. The lowest BCUT2D eigenvalue weighted by Gasteiger charge is -2.69. The molecular formula is C25H34O9. The van der Waals surface area contributed by atoms with Crippen molar-refractivity contribution in [3.63, 3.8) is 0 Å². The number of hydrogen-bond donors (Lipinski definition) is 2. The average Bonchev–Trinajstić information content (AvgIpc) is 3.23. The molecule has 1 aromatic rings. The molecular weight excluding hydrogens is 444 g/mol. The highest BCUT2D eigenvalue weighted by Crippen LogP contribution is 2.68. The van der Waals surface area contributed by atoms with Crippen LogP contribution in [0.25, 0.3) is 0 Å². The van der Waals surface area contributed by atoms with Crippen LogP contribution in [0.4, 0.5) is 0 Å². The third kappa shape index (κ3) is 3.16. The molecule has 2 fully saturated rings. The van der Waals surface area contributed by atoms with Crippen molar-refractivity contribution in [2.24, 2.45) is 22.7 Å². The van der Waals surface area contributed by atoms with Gasteiger partial charge in [-0.2, -0.15) is 0 Å². The Morgan fingerprint density at radius 1 is 1.12 bits per heavy atom. The number of hydrogen-bond acceptors (Lipinski definition) is 9. The zero-order valence-electron chi connectivity index (χ0n) is 20.5. The molecule has 0 aliphatic heterocycles. The highest BCUT2D eigenvalue weighted by Gasteiger charge is 2.77. The lowest BCUT2D eigenvalue weighted by molar-refractivity contribution is -0.338. The number of esters is 3. The molecule has 4 rings (SSSR count). The monoisotopic (exact) mass is 478 g/mol. The second-order valence-electron chi connectivity index (χ2n) is 10.8. The summed E-state index contributed by atoms with van der Waals surface area (Å²) in [5, 5.41) is 24.3. The van der Waals surface area contributed by atoms with Crippen molar-refractivity contribution < 1.29 is 43.2 Å². The summed E-state index contributed by atoms with van der Waals surface area (Å²) in [6, 6.07) is 1.68. The van der Waals surface area contributed by atoms with E-state index in [4.69, 9.17) is 18.6 Å². The predicted molar refractivity (Wildman–Crippen MR) is 117 cm³/mol. The highest BCUT2D eigenvalue weighted by atomic mass is 16.6. The van der Waals surface area contributed by atoms with Gasteiger partial charge < -0.3 is 28.8 Å². The van der Waals surface area contributed by atoms with Gasteiger partial charge in [-0.15, -0.1) is 0 Å². The van der Waals surface area contributed by atoms with Gasteiger partial charge >= 0.3 is 17.9 Å². The molecule has 1 heterocycles. The van der Waals surface area contributed by atoms with Crippen molar-refractivity contribution >= 4 is 17.9 Å². The van der Waals surface area contributed by atoms with Gasteiger partial charge in [-0.1, -0.05) is 20.8 Å². The van der Waals surface area contributed by atoms with Crippen LogP contribution in [0.15, 0.2) is 16.7 Å². The molecule has 188 valence electrons. The van der Waals surface area contributed by atoms with E-state index in [1.807, 2.05) is 20.8 Å². The molecule has 3 aliphatic rings. The van der Waals surface area contributed by atoms with Crippen molar-refractivity contribution in [3.05, 3.63) is 23.7 Å². The standard InChI is InChI=1S/C25H34O9/c1-12(26)33-17-7-9-23(3,4)25(30)21(34-13(2)27)20(28)19-15(24(17,25)5)11-16-14(8-10-32-16)18(19)22(29)31-6/h8,10,15,17-21,28,30H,7,9,11H2,1-6H3/t15-,17-,18+,19-,20+,21-,24-,25+/m0/s1. The zero-order valence-corrected chi connectivity index (χ0v) is 20.5. The van der Waals surface area contributed by atoms with Gasteiger partial charge in [0.1, 0.15) is 17.5 Å². The Morgan fingerprint density at radius 2 is 1.76 bits per heavy atom. The molecule has 0 bridgehead atoms. The molecule has 9 nitrogen and oxygen atoms in total. The van der Waals surface area contributed by atoms with Gasteiger partial charge in [0.25, 0.3) is 0 Å². The quantitative estimate of drug-likeness (QED) is 0.495. The van der Waals surface area contributed by atoms with Crippen LogP contribution in [0.1, 0.15) is 64.7 Å². The molecule has 0 radical (unpaired) electrons. The van der Waals surface area contributed by atoms with E-state index in [0.29, 0.717) is 30.6 Å². The maximum Gasteiger partial charge on any atom is 0.313 e. The van der Waals surface area contributed by atoms with E-state index in [9.17, 15) is 24.6 Å². The lowest BCUT2D eigenvalue weighted by Crippen LogP contribution is -2.80. The van der Waals surface area contributed by atoms with Gasteiger partial charge in [0.05, 0.1) is 25.4 Å². The Balaban J connectivity index is 2.00. The van der Waals surface area contributed by atoms with E-state index in [1.165, 1.54) is 27.2 Å². The summed E-state index contributed by atoms with van der Waals surface area (Å²) < 4.78 is 22.3. The van der Waals surface area contributed by atoms with Crippen LogP contribution < -0.4 is 0 Å². The molecule has 9 heteroatoms. The topological polar surface area (TPSA) is 132 Å². The molecule has 0 amide bonds. The van der Waals surface area contributed by atoms with Crippen molar-refractivity contribution in [2.75, 3.05) is 7.11 Å². The zero-order chi connectivity index (χ0) is 25.2. The van der Waals surface area contributed by atoms with Crippen LogP contribution in [0.3, 0.4) is 0 Å². The smallest absolute Gasteiger partial charge is 0.313 e. The third-order valence-corrected chi connectivity index (χ3v) is 8.87. The first-order valence-corrected chi connectivity index (χ1v) is 11.7. The molecule has 2 N–H and O–H groups in total. The normalized spacial score (nSPS) is 40.2. The second kappa shape index (κ2) is 8.09. The Labute approximate surface area is 198 Å². The molecule has 0 saturated heterocycles. The summed E-state index contributed by atoms with van der Waals surface area (Å²) in [5.74, 6) is -3.41. The molecule has 0 unspecified atom stereocenters. The minimum absolute atomic E-state index is 0.303. The lowest BCUT2D eigenvalue weighted by atomic mass is 9.39. The summed E-state index contributed by atoms with van der Waals surface area (Å²) >= 11 is 0. The number of carbonyl (C=O) groups excluding carboxylic acids is 3. The predicted octanol–water partition coefficient (Wildman–Crippen LogP) is 2.12. The summed E-state index contributed by atoms with van der Waals surface area (Å²) in [4.78, 5) is 37.4. The van der Waals surface area contributed by atoms with Crippen molar-refractivity contribution in [3.8, 4) is 0 Å². The first-order valence-electron chi connectivity index (χ1n) is 11.7. The fraction of sp³-hybridized carbons (Fsp3) is 0.720. The maximum atomic E-state index is 13.1. The first kappa shape index (κ1) is 24.7. The minimum Gasteiger partial charge on any atom is -0.469 e. The molecule has 34 heavy (non-hydrogen) atoms. The highest BCUT2D eigenvalue weighted by molar-refractivity contribution is 5.79. The number of ether oxygens (including phenoxy) is 3. The summed E-state index contributed by atoms with van der Waals surface area (Å²) in [6.45, 7) is 8.05. The fourth-order valence-corrected chi connectivity index (χ4v) is 7.36. The van der Waals surface area contributed by atoms with Gasteiger partial charge in [-0.25, -0.2) is 0 Å². The van der Waals surface area contributed by atoms with E-state index >= 15 is 0 Å². The van der Waals surface area contributed by atoms with E-state index in [2.05, 4.69) is 0 Å². The van der Waals surface area contributed by atoms with E-state index < -0.39 is 70.4 Å². The molecule has 3 aliphatic carbocycles. The first-order chi connectivity index (χ1) is 15.8. The van der Waals surface area contributed by atoms with Crippen molar-refractivity contribution in [2.45, 2.75) is 83.7 Å². The Kier molecular flexibility index (Phi) is 5.88.